The van der Waals surface area contributed by atoms with Gasteiger partial charge in [0.1, 0.15) is 11.5 Å². The summed E-state index contributed by atoms with van der Waals surface area (Å²) in [5.41, 5.74) is -0.492. The third kappa shape index (κ3) is 4.78. The minimum Gasteiger partial charge on any atom is -0.507 e. The number of aliphatic hydroxyl groups excluding tert-OH is 1. The molecule has 1 unspecified atom stereocenters. The number of ketones is 1. The van der Waals surface area contributed by atoms with Crippen molar-refractivity contribution in [2.45, 2.75) is 12.2 Å². The van der Waals surface area contributed by atoms with Crippen molar-refractivity contribution in [3.05, 3.63) is 101 Å². The van der Waals surface area contributed by atoms with Gasteiger partial charge in [0.05, 0.1) is 17.2 Å². The summed E-state index contributed by atoms with van der Waals surface area (Å²) in [7, 11) is 0. The number of hydrogen-bond acceptors (Lipinski definition) is 5. The number of anilines is 1. The van der Waals surface area contributed by atoms with Gasteiger partial charge in [-0.05, 0) is 54.1 Å². The van der Waals surface area contributed by atoms with Crippen molar-refractivity contribution >= 4 is 29.1 Å². The van der Waals surface area contributed by atoms with Crippen molar-refractivity contribution in [1.82, 2.24) is 0 Å². The second-order valence-electron chi connectivity index (χ2n) is 7.83. The maximum Gasteiger partial charge on any atom is 0.416 e. The van der Waals surface area contributed by atoms with Gasteiger partial charge in [-0.3, -0.25) is 14.5 Å². The number of benzene rings is 3. The van der Waals surface area contributed by atoms with E-state index in [0.29, 0.717) is 5.56 Å². The second-order valence-corrected chi connectivity index (χ2v) is 7.83. The Bertz CT molecular complexity index is 1330. The Morgan fingerprint density at radius 1 is 0.889 bits per heavy atom. The first-order valence-corrected chi connectivity index (χ1v) is 10.6. The van der Waals surface area contributed by atoms with Gasteiger partial charge in [-0.15, -0.1) is 0 Å². The smallest absolute Gasteiger partial charge is 0.416 e. The number of carboxylic acid groups (broad SMARTS) is 1. The zero-order chi connectivity index (χ0) is 26.0. The summed E-state index contributed by atoms with van der Waals surface area (Å²) in [5.74, 6) is -3.48. The molecule has 3 aromatic carbocycles. The van der Waals surface area contributed by atoms with Crippen molar-refractivity contribution in [2.75, 3.05) is 11.5 Å². The van der Waals surface area contributed by atoms with Crippen LogP contribution in [-0.2, 0) is 20.6 Å². The Morgan fingerprint density at radius 2 is 1.50 bits per heavy atom. The number of aliphatic hydroxyl groups is 1. The van der Waals surface area contributed by atoms with Crippen molar-refractivity contribution < 1.29 is 42.5 Å². The topological polar surface area (TPSA) is 104 Å². The standard InChI is InChI=1S/C26H18F3NO6/c27-26(28,29)17-8-10-18(11-9-17)30-22(15-4-2-1-3-5-15)21(24(34)25(30)35)23(33)16-6-12-19(13-7-16)36-14-20(31)32/h1-13,22,33H,14H2,(H,31,32)/b23-21-. The zero-order valence-electron chi connectivity index (χ0n) is 18.4. The summed E-state index contributed by atoms with van der Waals surface area (Å²) in [4.78, 5) is 37.9. The molecule has 10 heteroatoms. The van der Waals surface area contributed by atoms with Crippen LogP contribution < -0.4 is 9.64 Å². The maximum absolute atomic E-state index is 13.1. The lowest BCUT2D eigenvalue weighted by atomic mass is 9.95. The molecule has 0 aliphatic carbocycles. The van der Waals surface area contributed by atoms with Crippen molar-refractivity contribution in [2.24, 2.45) is 0 Å². The summed E-state index contributed by atoms with van der Waals surface area (Å²) in [5, 5.41) is 19.8. The molecule has 2 N–H and O–H groups in total. The summed E-state index contributed by atoms with van der Waals surface area (Å²) in [6.45, 7) is -0.572. The number of nitrogens with zero attached hydrogens (tertiary/aromatic N) is 1. The summed E-state index contributed by atoms with van der Waals surface area (Å²) in [6.07, 6.45) is -4.58. The Labute approximate surface area is 202 Å². The molecule has 1 saturated heterocycles. The Hall–Kier alpha value is -4.60. The number of hydrogen-bond donors (Lipinski definition) is 2. The van der Waals surface area contributed by atoms with E-state index in [1.165, 1.54) is 24.3 Å². The summed E-state index contributed by atoms with van der Waals surface area (Å²) >= 11 is 0. The lowest BCUT2D eigenvalue weighted by Gasteiger charge is -2.25. The molecule has 1 aliphatic rings. The molecule has 7 nitrogen and oxygen atoms in total. The lowest BCUT2D eigenvalue weighted by molar-refractivity contribution is -0.139. The highest BCUT2D eigenvalue weighted by Crippen LogP contribution is 2.42. The van der Waals surface area contributed by atoms with E-state index >= 15 is 0 Å². The van der Waals surface area contributed by atoms with Crippen LogP contribution in [0, 0.1) is 0 Å². The average Bonchev–Trinajstić information content (AvgIpc) is 3.13. The fourth-order valence-electron chi connectivity index (χ4n) is 3.87. The van der Waals surface area contributed by atoms with Crippen LogP contribution in [0.3, 0.4) is 0 Å². The van der Waals surface area contributed by atoms with Crippen LogP contribution in [0.2, 0.25) is 0 Å². The first-order valence-electron chi connectivity index (χ1n) is 10.6. The monoisotopic (exact) mass is 497 g/mol. The van der Waals surface area contributed by atoms with Crippen molar-refractivity contribution in [3.8, 4) is 5.75 Å². The molecule has 3 aromatic rings. The zero-order valence-corrected chi connectivity index (χ0v) is 18.4. The van der Waals surface area contributed by atoms with Crippen LogP contribution in [0.15, 0.2) is 84.4 Å². The van der Waals surface area contributed by atoms with Gasteiger partial charge in [-0.2, -0.15) is 13.2 Å². The van der Waals surface area contributed by atoms with Crippen LogP contribution in [0.1, 0.15) is 22.7 Å². The van der Waals surface area contributed by atoms with E-state index < -0.39 is 47.8 Å². The van der Waals surface area contributed by atoms with Crippen LogP contribution in [-0.4, -0.2) is 34.5 Å². The molecular formula is C26H18F3NO6. The van der Waals surface area contributed by atoms with Gasteiger partial charge in [0.15, 0.2) is 6.61 Å². The number of carbonyl (C=O) groups is 3. The van der Waals surface area contributed by atoms with Gasteiger partial charge >= 0.3 is 12.1 Å². The first kappa shape index (κ1) is 24.5. The van der Waals surface area contributed by atoms with Crippen LogP contribution in [0.4, 0.5) is 18.9 Å². The quantitative estimate of drug-likeness (QED) is 0.288. The number of ether oxygens (including phenoxy) is 1. The number of rotatable bonds is 6. The Balaban J connectivity index is 1.79. The van der Waals surface area contributed by atoms with E-state index in [0.717, 1.165) is 29.2 Å². The molecule has 0 bridgehead atoms. The number of Topliss-reactive ketones (excluding diaryl/α,β-unsaturated/α-hetero) is 1. The molecular weight excluding hydrogens is 479 g/mol. The molecule has 0 saturated carbocycles. The minimum absolute atomic E-state index is 0.0513. The number of halogens is 3. The maximum atomic E-state index is 13.1. The highest BCUT2D eigenvalue weighted by atomic mass is 19.4. The molecule has 1 aliphatic heterocycles. The van der Waals surface area contributed by atoms with E-state index in [1.54, 1.807) is 30.3 Å². The molecule has 0 aromatic heterocycles. The van der Waals surface area contributed by atoms with E-state index in [4.69, 9.17) is 9.84 Å². The normalized spacial score (nSPS) is 17.3. The summed E-state index contributed by atoms with van der Waals surface area (Å²) < 4.78 is 44.2. The number of amides is 1. The minimum atomic E-state index is -4.58. The molecule has 36 heavy (non-hydrogen) atoms. The van der Waals surface area contributed by atoms with Gasteiger partial charge in [-0.25, -0.2) is 4.79 Å². The highest BCUT2D eigenvalue weighted by molar-refractivity contribution is 6.51. The molecule has 184 valence electrons. The van der Waals surface area contributed by atoms with Crippen LogP contribution in [0.25, 0.3) is 5.76 Å². The van der Waals surface area contributed by atoms with E-state index in [9.17, 15) is 32.7 Å². The predicted molar refractivity (Wildman–Crippen MR) is 122 cm³/mol. The van der Waals surface area contributed by atoms with E-state index in [-0.39, 0.29) is 22.6 Å². The molecule has 1 heterocycles. The number of aliphatic carboxylic acids is 1. The largest absolute Gasteiger partial charge is 0.507 e. The molecule has 1 fully saturated rings. The number of carboxylic acids is 1. The molecule has 0 radical (unpaired) electrons. The second kappa shape index (κ2) is 9.57. The van der Waals surface area contributed by atoms with Gasteiger partial charge in [0, 0.05) is 11.3 Å². The highest BCUT2D eigenvalue weighted by Gasteiger charge is 2.47. The lowest BCUT2D eigenvalue weighted by Crippen LogP contribution is -2.29. The van der Waals surface area contributed by atoms with Gasteiger partial charge in [0.2, 0.25) is 0 Å². The molecule has 1 atom stereocenters. The number of carbonyl (C=O) groups excluding carboxylic acids is 2. The number of alkyl halides is 3. The Morgan fingerprint density at radius 3 is 2.06 bits per heavy atom. The third-order valence-corrected chi connectivity index (χ3v) is 5.52. The fourth-order valence-corrected chi connectivity index (χ4v) is 3.87. The Kier molecular flexibility index (Phi) is 6.52. The fraction of sp³-hybridized carbons (Fsp3) is 0.115. The average molecular weight is 497 g/mol. The molecule has 4 rings (SSSR count). The van der Waals surface area contributed by atoms with Crippen molar-refractivity contribution in [1.29, 1.82) is 0 Å². The van der Waals surface area contributed by atoms with Crippen molar-refractivity contribution in [3.63, 3.8) is 0 Å². The van der Waals surface area contributed by atoms with Crippen LogP contribution in [0.5, 0.6) is 5.75 Å². The summed E-state index contributed by atoms with van der Waals surface area (Å²) in [6, 6.07) is 16.6. The molecule has 1 amide bonds. The van der Waals surface area contributed by atoms with E-state index in [1.807, 2.05) is 0 Å². The van der Waals surface area contributed by atoms with Gasteiger partial charge < -0.3 is 14.9 Å². The third-order valence-electron chi connectivity index (χ3n) is 5.52. The predicted octanol–water partition coefficient (Wildman–Crippen LogP) is 4.80. The molecule has 0 spiro atoms. The van der Waals surface area contributed by atoms with Crippen LogP contribution >= 0.6 is 0 Å². The van der Waals surface area contributed by atoms with Gasteiger partial charge in [0.25, 0.3) is 11.7 Å². The SMILES string of the molecule is O=C(O)COc1ccc(/C(O)=C2/C(=O)C(=O)N(c3ccc(C(F)(F)F)cc3)C2c2ccccc2)cc1. The van der Waals surface area contributed by atoms with Gasteiger partial charge in [-0.1, -0.05) is 30.3 Å². The van der Waals surface area contributed by atoms with E-state index in [2.05, 4.69) is 0 Å². The first-order chi connectivity index (χ1) is 17.1.